The molecule has 1 saturated heterocycles. The zero-order valence-electron chi connectivity index (χ0n) is 22.1. The highest BCUT2D eigenvalue weighted by Gasteiger charge is 2.54. The molecule has 0 saturated carbocycles. The lowest BCUT2D eigenvalue weighted by molar-refractivity contribution is -0.531. The molecule has 0 bridgehead atoms. The lowest BCUT2D eigenvalue weighted by Gasteiger charge is -2.30. The van der Waals surface area contributed by atoms with Crippen molar-refractivity contribution in [2.75, 3.05) is 12.2 Å². The molecule has 1 aliphatic rings. The number of hydrogen-bond donors (Lipinski definition) is 0. The number of nitro groups is 1. The van der Waals surface area contributed by atoms with E-state index in [2.05, 4.69) is 26.0 Å². The van der Waals surface area contributed by atoms with E-state index in [1.54, 1.807) is 12.2 Å². The van der Waals surface area contributed by atoms with Crippen LogP contribution in [-0.2, 0) is 10.3 Å². The fraction of sp³-hybridized carbons (Fsp3) is 0.250. The number of aryl methyl sites for hydroxylation is 1. The molecule has 6 heteroatoms. The molecule has 0 spiro atoms. The highest BCUT2D eigenvalue weighted by Crippen LogP contribution is 2.49. The van der Waals surface area contributed by atoms with Crippen LogP contribution in [0.25, 0.3) is 0 Å². The van der Waals surface area contributed by atoms with E-state index >= 15 is 0 Å². The first-order chi connectivity index (χ1) is 18.3. The smallest absolute Gasteiger partial charge is 0.272 e. The number of benzene rings is 4. The number of hydroxylamine groups is 1. The van der Waals surface area contributed by atoms with Crippen LogP contribution in [0, 0.1) is 17.0 Å². The Kier molecular flexibility index (Phi) is 6.91. The number of nitrogens with zero attached hydrogens (tertiary/aromatic N) is 2. The molecule has 5 rings (SSSR count). The zero-order valence-corrected chi connectivity index (χ0v) is 22.1. The standard InChI is InChI=1S/C32H32N2O4/c1-22-15-17-23(18-16-22)31-30(34(35)36)29(33(38-31)26-13-9-6-10-14-26)27-21-25(19-20-28(27)37-4)32(2,3)24-11-7-5-8-12-24/h5-21,29-31H,1-4H3/t29-,30-,31+/m1/s1. The molecule has 1 heterocycles. The van der Waals surface area contributed by atoms with Gasteiger partial charge in [0.05, 0.1) is 12.8 Å². The average molecular weight is 509 g/mol. The van der Waals surface area contributed by atoms with Crippen LogP contribution in [0.1, 0.15) is 53.8 Å². The summed E-state index contributed by atoms with van der Waals surface area (Å²) in [7, 11) is 1.60. The third-order valence-corrected chi connectivity index (χ3v) is 7.54. The van der Waals surface area contributed by atoms with E-state index in [0.717, 1.165) is 27.9 Å². The van der Waals surface area contributed by atoms with Gasteiger partial charge in [0, 0.05) is 15.9 Å². The van der Waals surface area contributed by atoms with Crippen molar-refractivity contribution in [3.63, 3.8) is 0 Å². The molecule has 0 aromatic heterocycles. The van der Waals surface area contributed by atoms with Gasteiger partial charge in [-0.25, -0.2) is 5.06 Å². The average Bonchev–Trinajstić information content (AvgIpc) is 3.35. The van der Waals surface area contributed by atoms with Crippen molar-refractivity contribution in [3.8, 4) is 5.75 Å². The van der Waals surface area contributed by atoms with Gasteiger partial charge in [0.15, 0.2) is 12.1 Å². The Morgan fingerprint density at radius 3 is 2.11 bits per heavy atom. The van der Waals surface area contributed by atoms with Crippen LogP contribution in [-0.4, -0.2) is 18.1 Å². The van der Waals surface area contributed by atoms with Crippen molar-refractivity contribution in [2.24, 2.45) is 0 Å². The fourth-order valence-corrected chi connectivity index (χ4v) is 5.28. The van der Waals surface area contributed by atoms with Gasteiger partial charge in [0.25, 0.3) is 6.04 Å². The van der Waals surface area contributed by atoms with Crippen molar-refractivity contribution in [1.29, 1.82) is 0 Å². The summed E-state index contributed by atoms with van der Waals surface area (Å²) in [6, 6.07) is 31.7. The van der Waals surface area contributed by atoms with Crippen LogP contribution >= 0.6 is 0 Å². The molecule has 1 aliphatic heterocycles. The highest BCUT2D eigenvalue weighted by atomic mass is 16.7. The first-order valence-corrected chi connectivity index (χ1v) is 12.8. The van der Waals surface area contributed by atoms with Crippen LogP contribution in [0.2, 0.25) is 0 Å². The highest BCUT2D eigenvalue weighted by molar-refractivity contribution is 5.53. The van der Waals surface area contributed by atoms with Gasteiger partial charge in [0.1, 0.15) is 5.75 Å². The molecule has 0 amide bonds. The Bertz CT molecular complexity index is 1400. The normalized spacial score (nSPS) is 19.4. The first-order valence-electron chi connectivity index (χ1n) is 12.8. The van der Waals surface area contributed by atoms with Crippen molar-refractivity contribution in [3.05, 3.63) is 141 Å². The van der Waals surface area contributed by atoms with Gasteiger partial charge >= 0.3 is 0 Å². The lowest BCUT2D eigenvalue weighted by atomic mass is 9.77. The monoisotopic (exact) mass is 508 g/mol. The minimum Gasteiger partial charge on any atom is -0.496 e. The summed E-state index contributed by atoms with van der Waals surface area (Å²) in [5, 5.41) is 14.5. The molecule has 3 atom stereocenters. The van der Waals surface area contributed by atoms with Crippen molar-refractivity contribution in [1.82, 2.24) is 0 Å². The van der Waals surface area contributed by atoms with Crippen molar-refractivity contribution >= 4 is 5.69 Å². The Morgan fingerprint density at radius 1 is 0.868 bits per heavy atom. The van der Waals surface area contributed by atoms with Crippen LogP contribution < -0.4 is 9.80 Å². The van der Waals surface area contributed by atoms with Crippen LogP contribution in [0.15, 0.2) is 103 Å². The minimum absolute atomic E-state index is 0.216. The molecular weight excluding hydrogens is 476 g/mol. The molecule has 0 aliphatic carbocycles. The van der Waals surface area contributed by atoms with E-state index in [0.29, 0.717) is 11.3 Å². The quantitative estimate of drug-likeness (QED) is 0.195. The van der Waals surface area contributed by atoms with Gasteiger partial charge in [-0.15, -0.1) is 0 Å². The maximum absolute atomic E-state index is 12.8. The molecule has 0 unspecified atom stereocenters. The molecule has 194 valence electrons. The molecule has 0 radical (unpaired) electrons. The second kappa shape index (κ2) is 10.3. The van der Waals surface area contributed by atoms with E-state index in [1.807, 2.05) is 97.9 Å². The van der Waals surface area contributed by atoms with Crippen molar-refractivity contribution < 1.29 is 14.5 Å². The van der Waals surface area contributed by atoms with Crippen molar-refractivity contribution in [2.45, 2.75) is 44.4 Å². The lowest BCUT2D eigenvalue weighted by Crippen LogP contribution is -2.33. The summed E-state index contributed by atoms with van der Waals surface area (Å²) in [5.74, 6) is 0.587. The Labute approximate surface area is 223 Å². The summed E-state index contributed by atoms with van der Waals surface area (Å²) < 4.78 is 5.80. The number of ether oxygens (including phenoxy) is 1. The van der Waals surface area contributed by atoms with E-state index in [-0.39, 0.29) is 10.3 Å². The van der Waals surface area contributed by atoms with Gasteiger partial charge in [-0.2, -0.15) is 0 Å². The maximum atomic E-state index is 12.8. The number of hydrogen-bond acceptors (Lipinski definition) is 5. The van der Waals surface area contributed by atoms with E-state index in [9.17, 15) is 10.1 Å². The topological polar surface area (TPSA) is 64.8 Å². The van der Waals surface area contributed by atoms with Crippen LogP contribution in [0.5, 0.6) is 5.75 Å². The molecule has 38 heavy (non-hydrogen) atoms. The number of rotatable bonds is 7. The fourth-order valence-electron chi connectivity index (χ4n) is 5.28. The molecule has 4 aromatic rings. The maximum Gasteiger partial charge on any atom is 0.272 e. The van der Waals surface area contributed by atoms with Gasteiger partial charge < -0.3 is 4.74 Å². The summed E-state index contributed by atoms with van der Waals surface area (Å²) in [5.41, 5.74) is 5.16. The number of methoxy groups -OCH3 is 1. The number of para-hydroxylation sites is 1. The SMILES string of the molecule is COc1ccc(C(C)(C)c2ccccc2)cc1[C@@H]1[C@@H]([N+](=O)[O-])[C@H](c2ccc(C)cc2)ON1c1ccccc1. The molecule has 4 aromatic carbocycles. The Balaban J connectivity index is 1.69. The largest absolute Gasteiger partial charge is 0.496 e. The second-order valence-corrected chi connectivity index (χ2v) is 10.3. The molecular formula is C32H32N2O4. The van der Waals surface area contributed by atoms with Gasteiger partial charge in [0.2, 0.25) is 0 Å². The summed E-state index contributed by atoms with van der Waals surface area (Å²) in [4.78, 5) is 19.0. The molecule has 0 N–H and O–H groups in total. The van der Waals surface area contributed by atoms with Gasteiger partial charge in [-0.1, -0.05) is 98.3 Å². The minimum atomic E-state index is -1.07. The predicted octanol–water partition coefficient (Wildman–Crippen LogP) is 7.21. The number of anilines is 1. The Morgan fingerprint density at radius 2 is 1.50 bits per heavy atom. The molecule has 6 nitrogen and oxygen atoms in total. The van der Waals surface area contributed by atoms with E-state index in [4.69, 9.17) is 9.57 Å². The summed E-state index contributed by atoms with van der Waals surface area (Å²) >= 11 is 0. The zero-order chi connectivity index (χ0) is 26.9. The van der Waals surface area contributed by atoms with E-state index in [1.165, 1.54) is 0 Å². The molecule has 1 fully saturated rings. The van der Waals surface area contributed by atoms with Gasteiger partial charge in [-0.3, -0.25) is 15.0 Å². The van der Waals surface area contributed by atoms with Crippen LogP contribution in [0.3, 0.4) is 0 Å². The third-order valence-electron chi connectivity index (χ3n) is 7.54. The van der Waals surface area contributed by atoms with E-state index < -0.39 is 18.2 Å². The summed E-state index contributed by atoms with van der Waals surface area (Å²) in [6.07, 6.45) is -0.772. The first kappa shape index (κ1) is 25.5. The predicted molar refractivity (Wildman–Crippen MR) is 149 cm³/mol. The van der Waals surface area contributed by atoms with Gasteiger partial charge in [-0.05, 0) is 47.9 Å². The van der Waals surface area contributed by atoms with Crippen LogP contribution in [0.4, 0.5) is 5.69 Å². The third kappa shape index (κ3) is 4.63. The summed E-state index contributed by atoms with van der Waals surface area (Å²) in [6.45, 7) is 6.32. The Hall–Kier alpha value is -4.16. The second-order valence-electron chi connectivity index (χ2n) is 10.3.